The molecular formula is C20H22ClN7O3. The number of halogens is 1. The number of H-pyrrole nitrogens is 1. The Morgan fingerprint density at radius 1 is 1.32 bits per heavy atom. The number of aryl methyl sites for hydroxylation is 1. The standard InChI is InChI=1S/C20H22ClN7O3/c1-13-14(19(30)26-20(24-13)27-7-9-31-10-8-27)5-6-17(29)25-16-4-2-3-15(21)18(16)28-12-22-11-23-28/h2-4,11-12H,5-10H2,1H3,(H,25,29)(H,24,26,30). The minimum atomic E-state index is -0.250. The third kappa shape index (κ3) is 4.75. The molecule has 0 saturated carbocycles. The number of nitrogens with zero attached hydrogens (tertiary/aromatic N) is 5. The zero-order chi connectivity index (χ0) is 21.8. The second-order valence-electron chi connectivity index (χ2n) is 7.08. The van der Waals surface area contributed by atoms with Gasteiger partial charge in [0.1, 0.15) is 18.3 Å². The van der Waals surface area contributed by atoms with Gasteiger partial charge in [0, 0.05) is 30.8 Å². The van der Waals surface area contributed by atoms with E-state index < -0.39 is 0 Å². The van der Waals surface area contributed by atoms with E-state index in [9.17, 15) is 9.59 Å². The number of hydrogen-bond acceptors (Lipinski definition) is 7. The van der Waals surface area contributed by atoms with Gasteiger partial charge in [-0.2, -0.15) is 5.10 Å². The second kappa shape index (κ2) is 9.27. The van der Waals surface area contributed by atoms with Crippen molar-refractivity contribution in [3.63, 3.8) is 0 Å². The first-order valence-electron chi connectivity index (χ1n) is 9.89. The van der Waals surface area contributed by atoms with Crippen molar-refractivity contribution in [2.24, 2.45) is 0 Å². The summed E-state index contributed by atoms with van der Waals surface area (Å²) in [4.78, 5) is 38.5. The average molecular weight is 444 g/mol. The van der Waals surface area contributed by atoms with Crippen molar-refractivity contribution < 1.29 is 9.53 Å². The Labute approximate surface area is 183 Å². The first-order chi connectivity index (χ1) is 15.0. The number of carbonyl (C=O) groups excluding carboxylic acids is 1. The van der Waals surface area contributed by atoms with Crippen molar-refractivity contribution in [2.75, 3.05) is 36.5 Å². The molecule has 11 heteroatoms. The third-order valence-corrected chi connectivity index (χ3v) is 5.34. The zero-order valence-corrected chi connectivity index (χ0v) is 17.7. The maximum Gasteiger partial charge on any atom is 0.255 e. The number of amides is 1. The summed E-state index contributed by atoms with van der Waals surface area (Å²) in [6, 6.07) is 5.18. The van der Waals surface area contributed by atoms with E-state index in [1.54, 1.807) is 25.1 Å². The topological polar surface area (TPSA) is 118 Å². The van der Waals surface area contributed by atoms with Gasteiger partial charge < -0.3 is 15.0 Å². The number of morpholine rings is 1. The molecule has 0 spiro atoms. The fourth-order valence-electron chi connectivity index (χ4n) is 3.44. The lowest BCUT2D eigenvalue weighted by Crippen LogP contribution is -2.38. The molecular weight excluding hydrogens is 422 g/mol. The van der Waals surface area contributed by atoms with Crippen LogP contribution in [-0.4, -0.2) is 56.9 Å². The number of rotatable bonds is 6. The number of nitrogens with one attached hydrogen (secondary N) is 2. The quantitative estimate of drug-likeness (QED) is 0.595. The summed E-state index contributed by atoms with van der Waals surface area (Å²) in [7, 11) is 0. The Morgan fingerprint density at radius 3 is 2.84 bits per heavy atom. The molecule has 10 nitrogen and oxygen atoms in total. The zero-order valence-electron chi connectivity index (χ0n) is 17.0. The fraction of sp³-hybridized carbons (Fsp3) is 0.350. The smallest absolute Gasteiger partial charge is 0.255 e. The normalized spacial score (nSPS) is 13.9. The van der Waals surface area contributed by atoms with Gasteiger partial charge in [0.05, 0.1) is 23.9 Å². The van der Waals surface area contributed by atoms with Crippen LogP contribution < -0.4 is 15.8 Å². The summed E-state index contributed by atoms with van der Waals surface area (Å²) < 4.78 is 6.82. The number of aromatic nitrogens is 5. The van der Waals surface area contributed by atoms with Crippen LogP contribution in [0.15, 0.2) is 35.6 Å². The van der Waals surface area contributed by atoms with Crippen molar-refractivity contribution in [1.29, 1.82) is 0 Å². The van der Waals surface area contributed by atoms with E-state index in [0.717, 1.165) is 0 Å². The summed E-state index contributed by atoms with van der Waals surface area (Å²) in [6.45, 7) is 4.34. The molecule has 1 aromatic carbocycles. The van der Waals surface area contributed by atoms with Gasteiger partial charge in [-0.3, -0.25) is 14.6 Å². The van der Waals surface area contributed by atoms with Crippen LogP contribution in [0.4, 0.5) is 11.6 Å². The van der Waals surface area contributed by atoms with Crippen LogP contribution in [-0.2, 0) is 16.0 Å². The lowest BCUT2D eigenvalue weighted by atomic mass is 10.1. The van der Waals surface area contributed by atoms with Crippen LogP contribution >= 0.6 is 11.6 Å². The van der Waals surface area contributed by atoms with Crippen molar-refractivity contribution in [3.8, 4) is 5.69 Å². The van der Waals surface area contributed by atoms with Gasteiger partial charge in [-0.15, -0.1) is 0 Å². The van der Waals surface area contributed by atoms with Crippen LogP contribution in [0.25, 0.3) is 5.69 Å². The highest BCUT2D eigenvalue weighted by Crippen LogP contribution is 2.27. The predicted octanol–water partition coefficient (Wildman–Crippen LogP) is 1.72. The third-order valence-electron chi connectivity index (χ3n) is 5.03. The summed E-state index contributed by atoms with van der Waals surface area (Å²) >= 11 is 6.29. The molecule has 2 aromatic heterocycles. The number of ether oxygens (including phenoxy) is 1. The molecule has 162 valence electrons. The minimum Gasteiger partial charge on any atom is -0.378 e. The van der Waals surface area contributed by atoms with Crippen molar-refractivity contribution in [1.82, 2.24) is 24.7 Å². The number of carbonyl (C=O) groups is 1. The van der Waals surface area contributed by atoms with E-state index in [1.165, 1.54) is 17.3 Å². The van der Waals surface area contributed by atoms with E-state index in [-0.39, 0.29) is 24.3 Å². The van der Waals surface area contributed by atoms with Gasteiger partial charge in [-0.1, -0.05) is 17.7 Å². The Kier molecular flexibility index (Phi) is 6.28. The Balaban J connectivity index is 1.45. The highest BCUT2D eigenvalue weighted by molar-refractivity contribution is 6.33. The first-order valence-corrected chi connectivity index (χ1v) is 10.3. The SMILES string of the molecule is Cc1nc(N2CCOCC2)[nH]c(=O)c1CCC(=O)Nc1cccc(Cl)c1-n1cncn1. The van der Waals surface area contributed by atoms with Crippen molar-refractivity contribution >= 4 is 29.1 Å². The summed E-state index contributed by atoms with van der Waals surface area (Å²) in [6.07, 6.45) is 3.27. The van der Waals surface area contributed by atoms with E-state index in [1.807, 2.05) is 4.90 Å². The molecule has 1 amide bonds. The van der Waals surface area contributed by atoms with Crippen molar-refractivity contribution in [2.45, 2.75) is 19.8 Å². The van der Waals surface area contributed by atoms with Gasteiger partial charge in [-0.05, 0) is 25.5 Å². The molecule has 3 aromatic rings. The van der Waals surface area contributed by atoms with E-state index in [2.05, 4.69) is 25.4 Å². The molecule has 0 radical (unpaired) electrons. The maximum absolute atomic E-state index is 12.6. The maximum atomic E-state index is 12.6. The molecule has 0 aliphatic carbocycles. The van der Waals surface area contributed by atoms with E-state index in [4.69, 9.17) is 16.3 Å². The van der Waals surface area contributed by atoms with Gasteiger partial charge >= 0.3 is 0 Å². The molecule has 1 fully saturated rings. The molecule has 1 saturated heterocycles. The second-order valence-corrected chi connectivity index (χ2v) is 7.48. The molecule has 2 N–H and O–H groups in total. The Hall–Kier alpha value is -3.24. The van der Waals surface area contributed by atoms with Gasteiger partial charge in [0.2, 0.25) is 11.9 Å². The summed E-state index contributed by atoms with van der Waals surface area (Å²) in [5.74, 6) is 0.287. The largest absolute Gasteiger partial charge is 0.378 e. The molecule has 1 aliphatic heterocycles. The molecule has 0 bridgehead atoms. The average Bonchev–Trinajstić information content (AvgIpc) is 3.28. The number of hydrogen-bond donors (Lipinski definition) is 2. The molecule has 0 unspecified atom stereocenters. The minimum absolute atomic E-state index is 0.117. The molecule has 4 rings (SSSR count). The van der Waals surface area contributed by atoms with Crippen LogP contribution in [0, 0.1) is 6.92 Å². The monoisotopic (exact) mass is 443 g/mol. The van der Waals surface area contributed by atoms with E-state index >= 15 is 0 Å². The predicted molar refractivity (Wildman–Crippen MR) is 116 cm³/mol. The number of aromatic amines is 1. The summed E-state index contributed by atoms with van der Waals surface area (Å²) in [5, 5.41) is 7.36. The number of benzene rings is 1. The molecule has 31 heavy (non-hydrogen) atoms. The molecule has 3 heterocycles. The van der Waals surface area contributed by atoms with Gasteiger partial charge in [-0.25, -0.2) is 14.6 Å². The highest BCUT2D eigenvalue weighted by atomic mass is 35.5. The van der Waals surface area contributed by atoms with Crippen LogP contribution in [0.1, 0.15) is 17.7 Å². The lowest BCUT2D eigenvalue weighted by molar-refractivity contribution is -0.116. The molecule has 1 aliphatic rings. The van der Waals surface area contributed by atoms with Crippen LogP contribution in [0.2, 0.25) is 5.02 Å². The van der Waals surface area contributed by atoms with Crippen molar-refractivity contribution in [3.05, 3.63) is 57.5 Å². The van der Waals surface area contributed by atoms with Crippen LogP contribution in [0.5, 0.6) is 0 Å². The van der Waals surface area contributed by atoms with E-state index in [0.29, 0.717) is 59.9 Å². The first kappa shape index (κ1) is 21.0. The molecule has 0 atom stereocenters. The van der Waals surface area contributed by atoms with Crippen LogP contribution in [0.3, 0.4) is 0 Å². The number of para-hydroxylation sites is 1. The lowest BCUT2D eigenvalue weighted by Gasteiger charge is -2.27. The summed E-state index contributed by atoms with van der Waals surface area (Å²) in [5.41, 5.74) is 1.92. The fourth-order valence-corrected chi connectivity index (χ4v) is 3.70. The number of anilines is 2. The Morgan fingerprint density at radius 2 is 2.13 bits per heavy atom. The highest BCUT2D eigenvalue weighted by Gasteiger charge is 2.18. The van der Waals surface area contributed by atoms with Gasteiger partial charge in [0.15, 0.2) is 0 Å². The van der Waals surface area contributed by atoms with Gasteiger partial charge in [0.25, 0.3) is 5.56 Å². The Bertz CT molecular complexity index is 1120.